The van der Waals surface area contributed by atoms with Crippen LogP contribution in [0.5, 0.6) is 0 Å². The Morgan fingerprint density at radius 1 is 1.32 bits per heavy atom. The number of dihydropyridines is 1. The van der Waals surface area contributed by atoms with Gasteiger partial charge in [0.2, 0.25) is 0 Å². The molecule has 1 atom stereocenters. The molecule has 1 aliphatic heterocycles. The number of allylic oxidation sites excluding steroid dienone is 2. The summed E-state index contributed by atoms with van der Waals surface area (Å²) in [4.78, 5) is 0. The van der Waals surface area contributed by atoms with E-state index in [0.29, 0.717) is 0 Å². The lowest BCUT2D eigenvalue weighted by Gasteiger charge is -2.29. The van der Waals surface area contributed by atoms with Crippen LogP contribution in [0.2, 0.25) is 0 Å². The van der Waals surface area contributed by atoms with Crippen molar-refractivity contribution in [3.63, 3.8) is 0 Å². The maximum atomic E-state index is 4.21. The number of nitrogens with one attached hydrogen (secondary N) is 3. The minimum Gasteiger partial charge on any atom is -0.372 e. The van der Waals surface area contributed by atoms with Crippen LogP contribution in [0, 0.1) is 6.92 Å². The summed E-state index contributed by atoms with van der Waals surface area (Å²) in [6.07, 6.45) is 3.33. The molecule has 1 unspecified atom stereocenters. The summed E-state index contributed by atoms with van der Waals surface area (Å²) in [5.74, 6) is 1.13. The first-order chi connectivity index (χ1) is 10.5. The average Bonchev–Trinajstić information content (AvgIpc) is 2.47. The maximum Gasteiger partial charge on any atom is 0.102 e. The maximum absolute atomic E-state index is 4.21. The van der Waals surface area contributed by atoms with Crippen molar-refractivity contribution >= 4 is 5.69 Å². The van der Waals surface area contributed by atoms with Gasteiger partial charge in [-0.1, -0.05) is 25.6 Å². The Labute approximate surface area is 134 Å². The molecule has 0 fully saturated rings. The van der Waals surface area contributed by atoms with Crippen LogP contribution < -0.4 is 16.0 Å². The third kappa shape index (κ3) is 3.94. The van der Waals surface area contributed by atoms with E-state index in [9.17, 15) is 0 Å². The van der Waals surface area contributed by atoms with Gasteiger partial charge in [-0.2, -0.15) is 0 Å². The molecular formula is C19H27N3. The van der Waals surface area contributed by atoms with Gasteiger partial charge in [-0.15, -0.1) is 0 Å². The van der Waals surface area contributed by atoms with Crippen molar-refractivity contribution in [3.05, 3.63) is 65.1 Å². The first kappa shape index (κ1) is 16.2. The molecule has 0 saturated heterocycles. The highest BCUT2D eigenvalue weighted by molar-refractivity contribution is 5.56. The number of rotatable bonds is 6. The van der Waals surface area contributed by atoms with E-state index in [1.807, 2.05) is 0 Å². The van der Waals surface area contributed by atoms with Crippen molar-refractivity contribution in [1.82, 2.24) is 10.6 Å². The monoisotopic (exact) mass is 297 g/mol. The van der Waals surface area contributed by atoms with Crippen molar-refractivity contribution in [2.75, 3.05) is 11.9 Å². The Morgan fingerprint density at radius 3 is 2.77 bits per heavy atom. The van der Waals surface area contributed by atoms with Crippen molar-refractivity contribution in [2.24, 2.45) is 0 Å². The van der Waals surface area contributed by atoms with Crippen LogP contribution in [-0.4, -0.2) is 12.6 Å². The lowest BCUT2D eigenvalue weighted by Crippen LogP contribution is -2.38. The topological polar surface area (TPSA) is 36.1 Å². The Bertz CT molecular complexity index is 611. The average molecular weight is 297 g/mol. The van der Waals surface area contributed by atoms with E-state index < -0.39 is 0 Å². The van der Waals surface area contributed by atoms with Gasteiger partial charge in [0.1, 0.15) is 5.82 Å². The van der Waals surface area contributed by atoms with Gasteiger partial charge < -0.3 is 16.0 Å². The molecule has 3 nitrogen and oxygen atoms in total. The van der Waals surface area contributed by atoms with Crippen LogP contribution in [0.1, 0.15) is 32.8 Å². The van der Waals surface area contributed by atoms with Gasteiger partial charge in [-0.05, 0) is 62.1 Å². The van der Waals surface area contributed by atoms with E-state index in [0.717, 1.165) is 30.2 Å². The van der Waals surface area contributed by atoms with E-state index in [4.69, 9.17) is 0 Å². The summed E-state index contributed by atoms with van der Waals surface area (Å²) >= 11 is 0. The molecule has 1 aliphatic rings. The van der Waals surface area contributed by atoms with E-state index in [1.54, 1.807) is 0 Å². The van der Waals surface area contributed by atoms with Crippen LogP contribution >= 0.6 is 0 Å². The normalized spacial score (nSPS) is 17.6. The molecule has 0 spiro atoms. The number of hydrogen-bond acceptors (Lipinski definition) is 3. The summed E-state index contributed by atoms with van der Waals surface area (Å²) < 4.78 is 0. The summed E-state index contributed by atoms with van der Waals surface area (Å²) in [6, 6.07) is 8.57. The van der Waals surface area contributed by atoms with Crippen molar-refractivity contribution in [3.8, 4) is 0 Å². The Hall–Kier alpha value is -2.16. The molecule has 3 N–H and O–H groups in total. The number of hydrogen-bond donors (Lipinski definition) is 3. The zero-order valence-corrected chi connectivity index (χ0v) is 14.1. The summed E-state index contributed by atoms with van der Waals surface area (Å²) in [6.45, 7) is 13.7. The summed E-state index contributed by atoms with van der Waals surface area (Å²) in [5, 5.41) is 10.4. The van der Waals surface area contributed by atoms with Gasteiger partial charge in [0.15, 0.2) is 0 Å². The highest BCUT2D eigenvalue weighted by atomic mass is 15.1. The predicted molar refractivity (Wildman–Crippen MR) is 95.6 cm³/mol. The predicted octanol–water partition coefficient (Wildman–Crippen LogP) is 4.07. The van der Waals surface area contributed by atoms with Crippen molar-refractivity contribution in [1.29, 1.82) is 0 Å². The second kappa shape index (κ2) is 7.21. The van der Waals surface area contributed by atoms with E-state index in [1.165, 1.54) is 16.7 Å². The fourth-order valence-electron chi connectivity index (χ4n) is 2.60. The quantitative estimate of drug-likeness (QED) is 0.741. The lowest BCUT2D eigenvalue weighted by atomic mass is 9.99. The Kier molecular flexibility index (Phi) is 5.31. The fraction of sp³-hybridized carbons (Fsp3) is 0.368. The smallest absolute Gasteiger partial charge is 0.102 e. The van der Waals surface area contributed by atoms with Gasteiger partial charge in [-0.3, -0.25) is 0 Å². The SMILES string of the molecule is C=C(Nc1cccc(C)c1)C1=CC(C)=C(NCCC)NC1C. The molecule has 1 aromatic carbocycles. The Morgan fingerprint density at radius 2 is 2.09 bits per heavy atom. The van der Waals surface area contributed by atoms with Crippen LogP contribution in [0.3, 0.4) is 0 Å². The summed E-state index contributed by atoms with van der Waals surface area (Å²) in [7, 11) is 0. The molecular weight excluding hydrogens is 270 g/mol. The molecule has 0 saturated carbocycles. The van der Waals surface area contributed by atoms with Crippen LogP contribution in [-0.2, 0) is 0 Å². The van der Waals surface area contributed by atoms with Crippen molar-refractivity contribution < 1.29 is 0 Å². The van der Waals surface area contributed by atoms with E-state index in [-0.39, 0.29) is 6.04 Å². The molecule has 0 radical (unpaired) electrons. The van der Waals surface area contributed by atoms with Crippen LogP contribution in [0.25, 0.3) is 0 Å². The molecule has 22 heavy (non-hydrogen) atoms. The van der Waals surface area contributed by atoms with Gasteiger partial charge in [0, 0.05) is 17.9 Å². The van der Waals surface area contributed by atoms with E-state index in [2.05, 4.69) is 80.6 Å². The number of benzene rings is 1. The van der Waals surface area contributed by atoms with E-state index >= 15 is 0 Å². The van der Waals surface area contributed by atoms with Gasteiger partial charge in [0.25, 0.3) is 0 Å². The van der Waals surface area contributed by atoms with Crippen LogP contribution in [0.15, 0.2) is 59.6 Å². The molecule has 1 aromatic rings. The Balaban J connectivity index is 2.13. The van der Waals surface area contributed by atoms with Crippen molar-refractivity contribution in [2.45, 2.75) is 40.2 Å². The molecule has 0 aromatic heterocycles. The van der Waals surface area contributed by atoms with Gasteiger partial charge in [-0.25, -0.2) is 0 Å². The van der Waals surface area contributed by atoms with Gasteiger partial charge in [0.05, 0.1) is 6.04 Å². The third-order valence-corrected chi connectivity index (χ3v) is 3.81. The number of aryl methyl sites for hydroxylation is 1. The highest BCUT2D eigenvalue weighted by Crippen LogP contribution is 2.23. The standard InChI is InChI=1S/C19H27N3/c1-6-10-20-19-14(3)12-18(16(5)22-19)15(4)21-17-9-7-8-13(2)11-17/h7-9,11-12,16,20-22H,4,6,10H2,1-3,5H3. The zero-order valence-electron chi connectivity index (χ0n) is 14.1. The molecule has 3 heteroatoms. The molecule has 1 heterocycles. The van der Waals surface area contributed by atoms with Gasteiger partial charge >= 0.3 is 0 Å². The highest BCUT2D eigenvalue weighted by Gasteiger charge is 2.19. The largest absolute Gasteiger partial charge is 0.372 e. The second-order valence-electron chi connectivity index (χ2n) is 5.92. The fourth-order valence-corrected chi connectivity index (χ4v) is 2.60. The second-order valence-corrected chi connectivity index (χ2v) is 5.92. The first-order valence-electron chi connectivity index (χ1n) is 7.97. The molecule has 0 bridgehead atoms. The molecule has 2 rings (SSSR count). The molecule has 118 valence electrons. The molecule has 0 amide bonds. The first-order valence-corrected chi connectivity index (χ1v) is 7.97. The zero-order chi connectivity index (χ0) is 16.1. The number of anilines is 1. The minimum atomic E-state index is 0.230. The summed E-state index contributed by atoms with van der Waals surface area (Å²) in [5.41, 5.74) is 5.67. The lowest BCUT2D eigenvalue weighted by molar-refractivity contribution is 0.604. The van der Waals surface area contributed by atoms with Crippen LogP contribution in [0.4, 0.5) is 5.69 Å². The molecule has 0 aliphatic carbocycles. The third-order valence-electron chi connectivity index (χ3n) is 3.81. The minimum absolute atomic E-state index is 0.230.